The van der Waals surface area contributed by atoms with Gasteiger partial charge in [0, 0.05) is 7.11 Å². The van der Waals surface area contributed by atoms with Crippen LogP contribution in [0.25, 0.3) is 0 Å². The van der Waals surface area contributed by atoms with E-state index in [1.807, 2.05) is 6.92 Å². The lowest BCUT2D eigenvalue weighted by molar-refractivity contribution is -0.181. The van der Waals surface area contributed by atoms with Crippen LogP contribution in [0.1, 0.15) is 13.3 Å². The van der Waals surface area contributed by atoms with E-state index in [0.29, 0.717) is 6.42 Å². The molecule has 1 unspecified atom stereocenters. The van der Waals surface area contributed by atoms with Crippen molar-refractivity contribution in [2.24, 2.45) is 0 Å². The summed E-state index contributed by atoms with van der Waals surface area (Å²) in [5.74, 6) is 0. The third kappa shape index (κ3) is 4.31. The van der Waals surface area contributed by atoms with Crippen molar-refractivity contribution in [3.63, 3.8) is 0 Å². The van der Waals surface area contributed by atoms with Gasteiger partial charge in [0.2, 0.25) is 0 Å². The van der Waals surface area contributed by atoms with Gasteiger partial charge in [0.1, 0.15) is 0 Å². The summed E-state index contributed by atoms with van der Waals surface area (Å²) in [5.41, 5.74) is 0. The standard InChI is InChI=1S/C7H16O4/c1-3-6(4-8)11-7(5-9)10-2/h6-9H,3-5H2,1-2H3/t6?,7-/m1/s1. The quantitative estimate of drug-likeness (QED) is 0.531. The van der Waals surface area contributed by atoms with E-state index in [0.717, 1.165) is 0 Å². The molecule has 0 saturated heterocycles. The zero-order valence-electron chi connectivity index (χ0n) is 6.99. The molecule has 0 saturated carbocycles. The summed E-state index contributed by atoms with van der Waals surface area (Å²) in [6.07, 6.45) is -0.157. The van der Waals surface area contributed by atoms with Crippen LogP contribution in [0.2, 0.25) is 0 Å². The first kappa shape index (κ1) is 10.8. The first-order valence-corrected chi connectivity index (χ1v) is 3.68. The highest BCUT2D eigenvalue weighted by Gasteiger charge is 2.12. The zero-order valence-corrected chi connectivity index (χ0v) is 6.99. The van der Waals surface area contributed by atoms with Gasteiger partial charge >= 0.3 is 0 Å². The Morgan fingerprint density at radius 3 is 2.18 bits per heavy atom. The number of hydrogen-bond donors (Lipinski definition) is 2. The third-order valence-corrected chi connectivity index (χ3v) is 1.42. The minimum Gasteiger partial charge on any atom is -0.394 e. The lowest BCUT2D eigenvalue weighted by atomic mass is 10.3. The van der Waals surface area contributed by atoms with Gasteiger partial charge in [-0.15, -0.1) is 0 Å². The smallest absolute Gasteiger partial charge is 0.180 e. The highest BCUT2D eigenvalue weighted by atomic mass is 16.7. The number of aliphatic hydroxyl groups excluding tert-OH is 2. The summed E-state index contributed by atoms with van der Waals surface area (Å²) in [6, 6.07) is 0. The number of aliphatic hydroxyl groups is 2. The number of methoxy groups -OCH3 is 1. The molecule has 0 spiro atoms. The average molecular weight is 164 g/mol. The monoisotopic (exact) mass is 164 g/mol. The van der Waals surface area contributed by atoms with Crippen LogP contribution < -0.4 is 0 Å². The molecule has 0 fully saturated rings. The number of ether oxygens (including phenoxy) is 2. The maximum atomic E-state index is 8.70. The van der Waals surface area contributed by atoms with Crippen LogP contribution in [0, 0.1) is 0 Å². The van der Waals surface area contributed by atoms with Crippen LogP contribution in [0.3, 0.4) is 0 Å². The van der Waals surface area contributed by atoms with Crippen LogP contribution in [0.5, 0.6) is 0 Å². The lowest BCUT2D eigenvalue weighted by Crippen LogP contribution is -2.28. The Morgan fingerprint density at radius 1 is 1.27 bits per heavy atom. The molecule has 68 valence electrons. The molecular weight excluding hydrogens is 148 g/mol. The van der Waals surface area contributed by atoms with E-state index in [9.17, 15) is 0 Å². The first-order valence-electron chi connectivity index (χ1n) is 3.68. The lowest BCUT2D eigenvalue weighted by Gasteiger charge is -2.19. The normalized spacial score (nSPS) is 16.4. The van der Waals surface area contributed by atoms with Gasteiger partial charge in [0.25, 0.3) is 0 Å². The second kappa shape index (κ2) is 6.54. The molecule has 0 amide bonds. The van der Waals surface area contributed by atoms with Gasteiger partial charge in [0.15, 0.2) is 6.29 Å². The Labute approximate surface area is 66.7 Å². The van der Waals surface area contributed by atoms with Crippen LogP contribution in [0.4, 0.5) is 0 Å². The fourth-order valence-electron chi connectivity index (χ4n) is 0.656. The van der Waals surface area contributed by atoms with Crippen molar-refractivity contribution in [1.29, 1.82) is 0 Å². The molecule has 0 rings (SSSR count). The topological polar surface area (TPSA) is 58.9 Å². The van der Waals surface area contributed by atoms with E-state index < -0.39 is 6.29 Å². The second-order valence-corrected chi connectivity index (χ2v) is 2.20. The van der Waals surface area contributed by atoms with Gasteiger partial charge in [-0.1, -0.05) is 6.92 Å². The predicted molar refractivity (Wildman–Crippen MR) is 40.1 cm³/mol. The predicted octanol–water partition coefficient (Wildman–Crippen LogP) is -0.261. The number of hydrogen-bond acceptors (Lipinski definition) is 4. The Balaban J connectivity index is 3.58. The Kier molecular flexibility index (Phi) is 6.45. The fraction of sp³-hybridized carbons (Fsp3) is 1.00. The molecule has 0 aliphatic heterocycles. The number of rotatable bonds is 6. The summed E-state index contributed by atoms with van der Waals surface area (Å²) >= 11 is 0. The van der Waals surface area contributed by atoms with Gasteiger partial charge in [-0.05, 0) is 6.42 Å². The molecule has 2 N–H and O–H groups in total. The summed E-state index contributed by atoms with van der Waals surface area (Å²) in [7, 11) is 1.45. The van der Waals surface area contributed by atoms with Crippen molar-refractivity contribution < 1.29 is 19.7 Å². The molecule has 0 radical (unpaired) electrons. The summed E-state index contributed by atoms with van der Waals surface area (Å²) < 4.78 is 9.88. The average Bonchev–Trinajstić information content (AvgIpc) is 2.07. The highest BCUT2D eigenvalue weighted by Crippen LogP contribution is 2.01. The zero-order chi connectivity index (χ0) is 8.69. The largest absolute Gasteiger partial charge is 0.394 e. The summed E-state index contributed by atoms with van der Waals surface area (Å²) in [6.45, 7) is 1.66. The fourth-order valence-corrected chi connectivity index (χ4v) is 0.656. The van der Waals surface area contributed by atoms with Crippen LogP contribution in [-0.2, 0) is 9.47 Å². The van der Waals surface area contributed by atoms with Gasteiger partial charge in [-0.3, -0.25) is 0 Å². The van der Waals surface area contributed by atoms with Crippen molar-refractivity contribution >= 4 is 0 Å². The molecule has 0 aliphatic carbocycles. The van der Waals surface area contributed by atoms with Gasteiger partial charge < -0.3 is 19.7 Å². The first-order chi connectivity index (χ1) is 5.28. The van der Waals surface area contributed by atoms with Crippen molar-refractivity contribution in [2.75, 3.05) is 20.3 Å². The van der Waals surface area contributed by atoms with Crippen LogP contribution in [0.15, 0.2) is 0 Å². The molecule has 4 nitrogen and oxygen atoms in total. The Bertz CT molecular complexity index is 68.5. The maximum Gasteiger partial charge on any atom is 0.180 e. The summed E-state index contributed by atoms with van der Waals surface area (Å²) in [5, 5.41) is 17.3. The van der Waals surface area contributed by atoms with Gasteiger partial charge in [-0.2, -0.15) is 0 Å². The van der Waals surface area contributed by atoms with Crippen molar-refractivity contribution in [2.45, 2.75) is 25.7 Å². The van der Waals surface area contributed by atoms with Crippen LogP contribution in [-0.4, -0.2) is 42.9 Å². The van der Waals surface area contributed by atoms with Crippen molar-refractivity contribution in [3.05, 3.63) is 0 Å². The van der Waals surface area contributed by atoms with E-state index >= 15 is 0 Å². The molecule has 0 aliphatic rings. The van der Waals surface area contributed by atoms with E-state index in [1.165, 1.54) is 7.11 Å². The molecule has 0 bridgehead atoms. The van der Waals surface area contributed by atoms with Gasteiger partial charge in [0.05, 0.1) is 19.3 Å². The molecule has 4 heteroatoms. The van der Waals surface area contributed by atoms with E-state index in [1.54, 1.807) is 0 Å². The molecule has 0 aromatic rings. The molecule has 0 aromatic heterocycles. The van der Waals surface area contributed by atoms with E-state index in [-0.39, 0.29) is 19.3 Å². The molecule has 11 heavy (non-hydrogen) atoms. The Hall–Kier alpha value is -0.160. The third-order valence-electron chi connectivity index (χ3n) is 1.42. The SMILES string of the molecule is CCC(CO)O[C@H](CO)OC. The van der Waals surface area contributed by atoms with Gasteiger partial charge in [-0.25, -0.2) is 0 Å². The second-order valence-electron chi connectivity index (χ2n) is 2.20. The van der Waals surface area contributed by atoms with E-state index in [2.05, 4.69) is 0 Å². The molecular formula is C7H16O4. The van der Waals surface area contributed by atoms with Crippen molar-refractivity contribution in [1.82, 2.24) is 0 Å². The maximum absolute atomic E-state index is 8.70. The molecule has 0 aromatic carbocycles. The highest BCUT2D eigenvalue weighted by molar-refractivity contribution is 4.53. The molecule has 0 heterocycles. The minimum atomic E-state index is -0.618. The molecule has 2 atom stereocenters. The minimum absolute atomic E-state index is 0.0453. The van der Waals surface area contributed by atoms with E-state index in [4.69, 9.17) is 19.7 Å². The summed E-state index contributed by atoms with van der Waals surface area (Å²) in [4.78, 5) is 0. The Morgan fingerprint density at radius 2 is 1.91 bits per heavy atom. The van der Waals surface area contributed by atoms with Crippen molar-refractivity contribution in [3.8, 4) is 0 Å². The van der Waals surface area contributed by atoms with Crippen LogP contribution >= 0.6 is 0 Å².